The van der Waals surface area contributed by atoms with Crippen LogP contribution < -0.4 is 10.00 Å². The fraction of sp³-hybridized carbons (Fsp3) is 0.500. The lowest BCUT2D eigenvalue weighted by Crippen LogP contribution is -2.39. The van der Waals surface area contributed by atoms with Gasteiger partial charge in [0.05, 0.1) is 12.7 Å². The van der Waals surface area contributed by atoms with E-state index in [4.69, 9.17) is 5.11 Å². The van der Waals surface area contributed by atoms with Gasteiger partial charge in [-0.1, -0.05) is 4.68 Å². The quantitative estimate of drug-likeness (QED) is 0.580. The van der Waals surface area contributed by atoms with E-state index in [1.54, 1.807) is 12.3 Å². The molecule has 1 saturated carbocycles. The number of carboxylic acid groups (broad SMARTS) is 1. The van der Waals surface area contributed by atoms with Crippen molar-refractivity contribution in [2.75, 3.05) is 7.11 Å². The molecule has 1 fully saturated rings. The molecule has 0 aliphatic heterocycles. The van der Waals surface area contributed by atoms with Crippen LogP contribution in [-0.2, 0) is 20.9 Å². The monoisotopic (exact) mass is 364 g/mol. The molecule has 1 aromatic heterocycles. The summed E-state index contributed by atoms with van der Waals surface area (Å²) in [5.74, 6) is -3.15. The fourth-order valence-electron chi connectivity index (χ4n) is 1.47. The largest absolute Gasteiger partial charge is 0.490 e. The van der Waals surface area contributed by atoms with Crippen molar-refractivity contribution in [3.63, 3.8) is 0 Å². The number of nitrogens with one attached hydrogen (secondary N) is 1. The highest BCUT2D eigenvalue weighted by Gasteiger charge is 2.40. The van der Waals surface area contributed by atoms with Crippen LogP contribution >= 0.6 is 0 Å². The highest BCUT2D eigenvalue weighted by molar-refractivity contribution is 5.94. The number of aryl methyl sites for hydroxylation is 1. The van der Waals surface area contributed by atoms with Crippen LogP contribution in [0.4, 0.5) is 13.2 Å². The van der Waals surface area contributed by atoms with Crippen molar-refractivity contribution >= 4 is 17.8 Å². The van der Waals surface area contributed by atoms with Gasteiger partial charge in [-0.25, -0.2) is 4.79 Å². The van der Waals surface area contributed by atoms with Gasteiger partial charge in [-0.3, -0.25) is 9.59 Å². The molecule has 1 amide bonds. The van der Waals surface area contributed by atoms with E-state index in [1.165, 1.54) is 10.9 Å². The Kier molecular flexibility index (Phi) is 7.27. The second kappa shape index (κ2) is 8.94. The molecule has 0 aromatic carbocycles. The number of nitrogens with zero attached hydrogens (tertiary/aromatic N) is 2. The van der Waals surface area contributed by atoms with E-state index in [2.05, 4.69) is 15.2 Å². The maximum atomic E-state index is 11.6. The molecular weight excluding hydrogens is 347 g/mol. The molecule has 0 unspecified atom stereocenters. The van der Waals surface area contributed by atoms with E-state index >= 15 is 0 Å². The minimum atomic E-state index is -4.85. The van der Waals surface area contributed by atoms with Crippen LogP contribution in [0.1, 0.15) is 29.6 Å². The molecule has 0 radical (unpaired) electrons. The first-order chi connectivity index (χ1) is 11.6. The molecular formula is C14H17F3N3O5+. The molecule has 1 heterocycles. The van der Waals surface area contributed by atoms with Gasteiger partial charge >= 0.3 is 18.1 Å². The summed E-state index contributed by atoms with van der Waals surface area (Å²) in [6.07, 6.45) is 0.333. The number of aromatic nitrogens is 2. The second-order valence-electron chi connectivity index (χ2n) is 5.06. The Morgan fingerprint density at radius 1 is 1.40 bits per heavy atom. The number of carboxylic acids is 1. The molecule has 2 N–H and O–H groups in total. The Hall–Kier alpha value is -2.72. The van der Waals surface area contributed by atoms with Gasteiger partial charge in [0, 0.05) is 12.1 Å². The second-order valence-corrected chi connectivity index (χ2v) is 5.06. The predicted octanol–water partition coefficient (Wildman–Crippen LogP) is 0.458. The first-order valence-corrected chi connectivity index (χ1v) is 7.17. The lowest BCUT2D eigenvalue weighted by Gasteiger charge is -2.00. The molecule has 138 valence electrons. The maximum absolute atomic E-state index is 11.6. The number of amides is 1. The van der Waals surface area contributed by atoms with Crippen LogP contribution in [0.5, 0.6) is 0 Å². The zero-order valence-corrected chi connectivity index (χ0v) is 13.2. The zero-order chi connectivity index (χ0) is 19.0. The van der Waals surface area contributed by atoms with Crippen molar-refractivity contribution in [3.05, 3.63) is 24.0 Å². The number of halogens is 3. The number of carbonyl (C=O) groups is 3. The molecule has 0 atom stereocenters. The van der Waals surface area contributed by atoms with Crippen molar-refractivity contribution in [1.29, 1.82) is 0 Å². The van der Waals surface area contributed by atoms with Crippen LogP contribution in [0, 0.1) is 0 Å². The Balaban J connectivity index is 0.000000333. The zero-order valence-electron chi connectivity index (χ0n) is 13.2. The maximum Gasteiger partial charge on any atom is 0.490 e. The van der Waals surface area contributed by atoms with Crippen LogP contribution in [0.2, 0.25) is 0 Å². The Labute approximate surface area is 140 Å². The number of aliphatic carboxylic acids is 1. The average molecular weight is 364 g/mol. The fourth-order valence-corrected chi connectivity index (χ4v) is 1.47. The molecule has 0 saturated heterocycles. The van der Waals surface area contributed by atoms with Gasteiger partial charge in [-0.2, -0.15) is 13.2 Å². The van der Waals surface area contributed by atoms with Gasteiger partial charge < -0.3 is 15.2 Å². The van der Waals surface area contributed by atoms with Gasteiger partial charge in [0.2, 0.25) is 0 Å². The Bertz CT molecular complexity index is 615. The molecule has 2 rings (SSSR count). The number of hydrogen-bond acceptors (Lipinski definition) is 5. The smallest absolute Gasteiger partial charge is 0.481 e. The van der Waals surface area contributed by atoms with Crippen LogP contribution in [0.25, 0.3) is 0 Å². The number of alkyl halides is 3. The number of methoxy groups -OCH3 is 1. The van der Waals surface area contributed by atoms with Crippen molar-refractivity contribution < 1.29 is 42.1 Å². The summed E-state index contributed by atoms with van der Waals surface area (Å²) in [5.41, 5.74) is 0.503. The summed E-state index contributed by atoms with van der Waals surface area (Å²) >= 11 is 0. The van der Waals surface area contributed by atoms with Crippen molar-refractivity contribution in [2.24, 2.45) is 0 Å². The van der Waals surface area contributed by atoms with E-state index in [-0.39, 0.29) is 12.3 Å². The molecule has 0 spiro atoms. The summed E-state index contributed by atoms with van der Waals surface area (Å²) in [6, 6.07) is 1.97. The van der Waals surface area contributed by atoms with Gasteiger partial charge in [0.25, 0.3) is 5.91 Å². The van der Waals surface area contributed by atoms with Crippen molar-refractivity contribution in [3.8, 4) is 0 Å². The minimum absolute atomic E-state index is 0.0191. The predicted molar refractivity (Wildman–Crippen MR) is 75.2 cm³/mol. The lowest BCUT2D eigenvalue weighted by atomic mass is 10.3. The highest BCUT2D eigenvalue weighted by atomic mass is 19.4. The molecule has 25 heavy (non-hydrogen) atoms. The SMILES string of the molecule is COC(=O)C(F)(F)F.O=C(O)CC[n+]1ccc(C(=O)NC2CC2)cn1. The first kappa shape index (κ1) is 20.3. The van der Waals surface area contributed by atoms with Crippen LogP contribution in [0.3, 0.4) is 0 Å². The van der Waals surface area contributed by atoms with E-state index in [9.17, 15) is 27.6 Å². The molecule has 1 aromatic rings. The normalized spacial score (nSPS) is 13.3. The number of hydrogen-bond donors (Lipinski definition) is 2. The first-order valence-electron chi connectivity index (χ1n) is 7.17. The van der Waals surface area contributed by atoms with E-state index in [1.807, 2.05) is 0 Å². The van der Waals surface area contributed by atoms with Crippen LogP contribution in [0.15, 0.2) is 18.5 Å². The minimum Gasteiger partial charge on any atom is -0.481 e. The summed E-state index contributed by atoms with van der Waals surface area (Å²) in [7, 11) is 0.676. The standard InChI is InChI=1S/C11H13N3O3.C3H3F3O2/c15-10(16)4-6-14-5-3-8(7-12-14)11(17)13-9-1-2-9;1-8-2(7)3(4,5)6/h3,5,7,9H,1-2,4,6H2,(H-,13,15,16,17);1H3/p+1. The topological polar surface area (TPSA) is 109 Å². The third-order valence-corrected chi connectivity index (χ3v) is 2.92. The number of ether oxygens (including phenoxy) is 1. The Morgan fingerprint density at radius 3 is 2.40 bits per heavy atom. The number of rotatable bonds is 5. The molecule has 0 bridgehead atoms. The van der Waals surface area contributed by atoms with E-state index in [0.717, 1.165) is 12.8 Å². The third kappa shape index (κ3) is 8.08. The van der Waals surface area contributed by atoms with Crippen molar-refractivity contribution in [2.45, 2.75) is 38.0 Å². The summed E-state index contributed by atoms with van der Waals surface area (Å²) < 4.78 is 37.8. The van der Waals surface area contributed by atoms with Crippen LogP contribution in [-0.4, -0.2) is 47.4 Å². The lowest BCUT2D eigenvalue weighted by molar-refractivity contribution is -0.753. The van der Waals surface area contributed by atoms with Gasteiger partial charge in [0.1, 0.15) is 12.6 Å². The van der Waals surface area contributed by atoms with Crippen molar-refractivity contribution in [1.82, 2.24) is 10.4 Å². The summed E-state index contributed by atoms with van der Waals surface area (Å²) in [5, 5.41) is 15.4. The number of esters is 1. The summed E-state index contributed by atoms with van der Waals surface area (Å²) in [6.45, 7) is 0.305. The molecule has 11 heteroatoms. The molecule has 1 aliphatic rings. The van der Waals surface area contributed by atoms with E-state index in [0.29, 0.717) is 25.3 Å². The van der Waals surface area contributed by atoms with Gasteiger partial charge in [-0.05, 0) is 17.9 Å². The Morgan fingerprint density at radius 2 is 2.04 bits per heavy atom. The average Bonchev–Trinajstić information content (AvgIpc) is 3.36. The third-order valence-electron chi connectivity index (χ3n) is 2.92. The summed E-state index contributed by atoms with van der Waals surface area (Å²) in [4.78, 5) is 31.5. The van der Waals surface area contributed by atoms with Gasteiger partial charge in [-0.15, -0.1) is 0 Å². The number of carbonyl (C=O) groups excluding carboxylic acids is 2. The van der Waals surface area contributed by atoms with Gasteiger partial charge in [0.15, 0.2) is 12.7 Å². The van der Waals surface area contributed by atoms with E-state index < -0.39 is 18.1 Å². The molecule has 1 aliphatic carbocycles. The highest BCUT2D eigenvalue weighted by Crippen LogP contribution is 2.19. The molecule has 8 nitrogen and oxygen atoms in total.